The molecule has 3 aliphatic rings. The Balaban J connectivity index is 1.65. The predicted molar refractivity (Wildman–Crippen MR) is 90.1 cm³/mol. The van der Waals surface area contributed by atoms with Gasteiger partial charge in [0.2, 0.25) is 0 Å². The van der Waals surface area contributed by atoms with Gasteiger partial charge in [-0.05, 0) is 36.8 Å². The van der Waals surface area contributed by atoms with Gasteiger partial charge in [-0.3, -0.25) is 0 Å². The van der Waals surface area contributed by atoms with Gasteiger partial charge < -0.3 is 0 Å². The molecule has 1 heteroatoms. The van der Waals surface area contributed by atoms with Crippen molar-refractivity contribution in [3.8, 4) is 23.3 Å². The minimum Gasteiger partial charge on any atom is -0.131 e. The molecular formula is C20H22Si. The molecule has 3 saturated carbocycles. The molecule has 2 unspecified atom stereocenters. The molecule has 106 valence electrons. The molecule has 0 nitrogen and oxygen atoms in total. The Morgan fingerprint density at radius 3 is 2.19 bits per heavy atom. The van der Waals surface area contributed by atoms with Crippen LogP contribution in [0.4, 0.5) is 0 Å². The number of hydrogen-bond acceptors (Lipinski definition) is 0. The zero-order valence-electron chi connectivity index (χ0n) is 13.2. The number of fused-ring (bicyclic) bond motifs is 2. The smallest absolute Gasteiger partial charge is 0.129 e. The summed E-state index contributed by atoms with van der Waals surface area (Å²) in [7, 11) is -1.28. The summed E-state index contributed by atoms with van der Waals surface area (Å²) in [5.41, 5.74) is 5.39. The molecule has 1 aromatic rings. The van der Waals surface area contributed by atoms with Gasteiger partial charge in [0.1, 0.15) is 8.07 Å². The van der Waals surface area contributed by atoms with Crippen molar-refractivity contribution in [1.82, 2.24) is 0 Å². The molecule has 0 radical (unpaired) electrons. The molecule has 21 heavy (non-hydrogen) atoms. The zero-order chi connectivity index (χ0) is 14.7. The highest BCUT2D eigenvalue weighted by molar-refractivity contribution is 6.83. The molecule has 3 aliphatic carbocycles. The fraction of sp³-hybridized carbons (Fsp3) is 0.500. The zero-order valence-corrected chi connectivity index (χ0v) is 14.2. The molecule has 1 aromatic carbocycles. The first kappa shape index (κ1) is 13.2. The highest BCUT2D eigenvalue weighted by atomic mass is 28.3. The minimum absolute atomic E-state index is 0.285. The summed E-state index contributed by atoms with van der Waals surface area (Å²) < 4.78 is 0. The Hall–Kier alpha value is -1.44. The summed E-state index contributed by atoms with van der Waals surface area (Å²) in [4.78, 5) is 0. The van der Waals surface area contributed by atoms with Crippen molar-refractivity contribution >= 4 is 8.07 Å². The molecule has 0 spiro atoms. The van der Waals surface area contributed by atoms with Gasteiger partial charge in [0, 0.05) is 5.56 Å². The minimum atomic E-state index is -1.28. The molecule has 0 N–H and O–H groups in total. The SMILES string of the molecule is C[Si](C)(C)C#CC12C3CCCC1C32C#Cc1ccccc1. The second-order valence-corrected chi connectivity index (χ2v) is 12.6. The van der Waals surface area contributed by atoms with E-state index in [0.29, 0.717) is 5.41 Å². The van der Waals surface area contributed by atoms with Crippen LogP contribution in [0.1, 0.15) is 24.8 Å². The van der Waals surface area contributed by atoms with Crippen molar-refractivity contribution in [2.75, 3.05) is 0 Å². The molecule has 0 heterocycles. The highest BCUT2D eigenvalue weighted by Gasteiger charge is 2.97. The van der Waals surface area contributed by atoms with Crippen LogP contribution in [0.25, 0.3) is 0 Å². The first-order chi connectivity index (χ1) is 10.0. The lowest BCUT2D eigenvalue weighted by molar-refractivity contribution is 0.282. The third kappa shape index (κ3) is 1.71. The van der Waals surface area contributed by atoms with E-state index in [1.165, 1.54) is 19.3 Å². The average molecular weight is 290 g/mol. The number of rotatable bonds is 0. The lowest BCUT2D eigenvalue weighted by atomic mass is 9.79. The normalized spacial score (nSPS) is 38.2. The van der Waals surface area contributed by atoms with Crippen LogP contribution in [0, 0.1) is 46.0 Å². The molecule has 0 saturated heterocycles. The summed E-state index contributed by atoms with van der Waals surface area (Å²) in [6, 6.07) is 10.4. The van der Waals surface area contributed by atoms with Crippen LogP contribution in [-0.4, -0.2) is 8.07 Å². The van der Waals surface area contributed by atoms with E-state index in [0.717, 1.165) is 17.4 Å². The Labute approximate surface area is 129 Å². The van der Waals surface area contributed by atoms with Gasteiger partial charge in [-0.1, -0.05) is 56.1 Å². The molecule has 0 aromatic heterocycles. The van der Waals surface area contributed by atoms with E-state index in [1.54, 1.807) is 0 Å². The van der Waals surface area contributed by atoms with Crippen molar-refractivity contribution in [2.45, 2.75) is 38.9 Å². The summed E-state index contributed by atoms with van der Waals surface area (Å²) in [6.45, 7) is 7.03. The van der Waals surface area contributed by atoms with Crippen LogP contribution in [-0.2, 0) is 0 Å². The molecule has 4 rings (SSSR count). The second kappa shape index (κ2) is 4.06. The van der Waals surface area contributed by atoms with Gasteiger partial charge in [-0.2, -0.15) is 0 Å². The van der Waals surface area contributed by atoms with Gasteiger partial charge >= 0.3 is 0 Å². The summed E-state index contributed by atoms with van der Waals surface area (Å²) in [5.74, 6) is 12.4. The number of hydrogen-bond donors (Lipinski definition) is 0. The molecule has 2 atom stereocenters. The van der Waals surface area contributed by atoms with E-state index in [-0.39, 0.29) is 5.41 Å². The Morgan fingerprint density at radius 1 is 0.952 bits per heavy atom. The van der Waals surface area contributed by atoms with Crippen molar-refractivity contribution in [3.63, 3.8) is 0 Å². The van der Waals surface area contributed by atoms with Gasteiger partial charge in [0.25, 0.3) is 0 Å². The molecule has 0 aliphatic heterocycles. The maximum atomic E-state index is 3.74. The van der Waals surface area contributed by atoms with E-state index in [2.05, 4.69) is 73.3 Å². The summed E-state index contributed by atoms with van der Waals surface area (Å²) in [6.07, 6.45) is 4.08. The lowest BCUT2D eigenvalue weighted by Gasteiger charge is -2.24. The maximum Gasteiger partial charge on any atom is 0.129 e. The average Bonchev–Trinajstić information content (AvgIpc) is 3.29. The van der Waals surface area contributed by atoms with Crippen LogP contribution in [0.3, 0.4) is 0 Å². The fourth-order valence-electron chi connectivity index (χ4n) is 4.57. The van der Waals surface area contributed by atoms with Crippen molar-refractivity contribution in [1.29, 1.82) is 0 Å². The van der Waals surface area contributed by atoms with E-state index >= 15 is 0 Å². The van der Waals surface area contributed by atoms with Crippen LogP contribution in [0.5, 0.6) is 0 Å². The summed E-state index contributed by atoms with van der Waals surface area (Å²) in [5, 5.41) is 0. The van der Waals surface area contributed by atoms with E-state index in [4.69, 9.17) is 0 Å². The predicted octanol–water partition coefficient (Wildman–Crippen LogP) is 4.34. The van der Waals surface area contributed by atoms with Crippen molar-refractivity contribution in [2.24, 2.45) is 22.7 Å². The van der Waals surface area contributed by atoms with Crippen molar-refractivity contribution < 1.29 is 0 Å². The molecule has 3 fully saturated rings. The summed E-state index contributed by atoms with van der Waals surface area (Å²) >= 11 is 0. The molecule has 0 bridgehead atoms. The third-order valence-corrected chi connectivity index (χ3v) is 6.41. The molecule has 0 amide bonds. The third-order valence-electron chi connectivity index (χ3n) is 5.53. The maximum absolute atomic E-state index is 3.74. The largest absolute Gasteiger partial charge is 0.131 e. The monoisotopic (exact) mass is 290 g/mol. The van der Waals surface area contributed by atoms with Crippen molar-refractivity contribution in [3.05, 3.63) is 35.9 Å². The van der Waals surface area contributed by atoms with Crippen LogP contribution in [0.2, 0.25) is 19.6 Å². The van der Waals surface area contributed by atoms with Gasteiger partial charge in [-0.25, -0.2) is 0 Å². The van der Waals surface area contributed by atoms with Gasteiger partial charge in [-0.15, -0.1) is 11.5 Å². The van der Waals surface area contributed by atoms with E-state index in [9.17, 15) is 0 Å². The van der Waals surface area contributed by atoms with E-state index in [1.807, 2.05) is 0 Å². The lowest BCUT2D eigenvalue weighted by Crippen LogP contribution is -2.20. The van der Waals surface area contributed by atoms with E-state index < -0.39 is 8.07 Å². The van der Waals surface area contributed by atoms with Gasteiger partial charge in [0.05, 0.1) is 10.8 Å². The first-order valence-electron chi connectivity index (χ1n) is 8.13. The second-order valence-electron chi connectivity index (χ2n) is 7.89. The topological polar surface area (TPSA) is 0 Å². The standard InChI is InChI=1S/C20H22Si/c1-21(2,3)15-14-20-17-10-7-11-18(20)19(17,20)13-12-16-8-5-4-6-9-16/h4-6,8-9,17-18H,7,10-11H2,1-3H3. The van der Waals surface area contributed by atoms with Crippen LogP contribution >= 0.6 is 0 Å². The Bertz CT molecular complexity index is 687. The van der Waals surface area contributed by atoms with Gasteiger partial charge in [0.15, 0.2) is 0 Å². The van der Waals surface area contributed by atoms with Crippen LogP contribution < -0.4 is 0 Å². The number of benzene rings is 1. The highest BCUT2D eigenvalue weighted by Crippen LogP contribution is 2.97. The Kier molecular flexibility index (Phi) is 2.56. The van der Waals surface area contributed by atoms with Crippen LogP contribution in [0.15, 0.2) is 30.3 Å². The fourth-order valence-corrected chi connectivity index (χ4v) is 5.16. The quantitative estimate of drug-likeness (QED) is 0.493. The first-order valence-corrected chi connectivity index (χ1v) is 11.6. The molecular weight excluding hydrogens is 268 g/mol. The Morgan fingerprint density at radius 2 is 1.57 bits per heavy atom.